The summed E-state index contributed by atoms with van der Waals surface area (Å²) in [5, 5.41) is 9.61. The molecule has 0 rings (SSSR count). The Morgan fingerprint density at radius 2 is 0.930 bits per heavy atom. The summed E-state index contributed by atoms with van der Waals surface area (Å²) in [4.78, 5) is 36.9. The number of carbonyl (C=O) groups excluding carboxylic acids is 2. The van der Waals surface area contributed by atoms with Crippen molar-refractivity contribution in [2.75, 3.05) is 41.0 Å². The van der Waals surface area contributed by atoms with E-state index in [-0.39, 0.29) is 42.7 Å². The highest BCUT2D eigenvalue weighted by molar-refractivity contribution is 5.72. The number of unbranched alkanes of at least 4 members (excludes halogenated alkanes) is 13. The molecule has 0 spiro atoms. The minimum absolute atomic E-state index is 0.0418. The number of carboxylic acid groups (broad SMARTS) is 1. The Bertz CT molecular complexity index is 1160. The van der Waals surface area contributed by atoms with Crippen molar-refractivity contribution in [2.45, 2.75) is 180 Å². The number of hydrogen-bond acceptors (Lipinski definition) is 6. The molecule has 8 heteroatoms. The van der Waals surface area contributed by atoms with E-state index in [4.69, 9.17) is 14.2 Å². The third-order valence-electron chi connectivity index (χ3n) is 9.60. The molecule has 2 atom stereocenters. The van der Waals surface area contributed by atoms with Crippen molar-refractivity contribution in [3.8, 4) is 0 Å². The number of likely N-dealkylation sites (N-methyl/N-ethyl adjacent to an activating group) is 1. The summed E-state index contributed by atoms with van der Waals surface area (Å²) in [5.41, 5.74) is 0. The lowest BCUT2D eigenvalue weighted by Crippen LogP contribution is -2.50. The van der Waals surface area contributed by atoms with Crippen LogP contribution in [0.3, 0.4) is 0 Å². The summed E-state index contributed by atoms with van der Waals surface area (Å²) in [6.07, 6.45) is 49.6. The smallest absolute Gasteiger partial charge is 0.362 e. The monoisotopic (exact) mass is 799 g/mol. The number of carboxylic acids is 1. The summed E-state index contributed by atoms with van der Waals surface area (Å²) in [6.45, 7) is 4.45. The lowest BCUT2D eigenvalue weighted by Gasteiger charge is -2.31. The van der Waals surface area contributed by atoms with Gasteiger partial charge in [0.25, 0.3) is 0 Å². The number of esters is 2. The lowest BCUT2D eigenvalue weighted by atomic mass is 10.0. The summed E-state index contributed by atoms with van der Waals surface area (Å²) < 4.78 is 17.2. The molecule has 0 aliphatic rings. The largest absolute Gasteiger partial charge is 0.477 e. The van der Waals surface area contributed by atoms with Gasteiger partial charge in [-0.25, -0.2) is 4.79 Å². The van der Waals surface area contributed by atoms with Crippen LogP contribution in [0.4, 0.5) is 0 Å². The highest BCUT2D eigenvalue weighted by Crippen LogP contribution is 2.14. The van der Waals surface area contributed by atoms with Crippen molar-refractivity contribution in [3.63, 3.8) is 0 Å². The molecule has 0 saturated heterocycles. The number of aliphatic carboxylic acids is 1. The zero-order valence-electron chi connectivity index (χ0n) is 37.0. The number of hydrogen-bond donors (Lipinski definition) is 1. The molecule has 0 bridgehead atoms. The summed E-state index contributed by atoms with van der Waals surface area (Å²) in [5.74, 6) is -1.53. The van der Waals surface area contributed by atoms with E-state index in [9.17, 15) is 19.5 Å². The van der Waals surface area contributed by atoms with Gasteiger partial charge in [0.15, 0.2) is 12.1 Å². The van der Waals surface area contributed by atoms with Crippen LogP contribution in [0.25, 0.3) is 0 Å². The molecule has 2 unspecified atom stereocenters. The minimum atomic E-state index is -0.884. The highest BCUT2D eigenvalue weighted by Gasteiger charge is 2.31. The van der Waals surface area contributed by atoms with Crippen LogP contribution in [0.5, 0.6) is 0 Å². The van der Waals surface area contributed by atoms with E-state index < -0.39 is 18.1 Å². The fourth-order valence-corrected chi connectivity index (χ4v) is 6.18. The van der Waals surface area contributed by atoms with Crippen LogP contribution in [0.1, 0.15) is 168 Å². The predicted octanol–water partition coefficient (Wildman–Crippen LogP) is 12.4. The maximum atomic E-state index is 12.7. The quantitative estimate of drug-likeness (QED) is 0.0286. The number of carbonyl (C=O) groups is 3. The van der Waals surface area contributed by atoms with Gasteiger partial charge in [-0.15, -0.1) is 0 Å². The topological polar surface area (TPSA) is 99.1 Å². The normalized spacial score (nSPS) is 13.6. The first-order valence-electron chi connectivity index (χ1n) is 22.5. The zero-order valence-corrected chi connectivity index (χ0v) is 37.0. The molecular weight excluding hydrogens is 715 g/mol. The van der Waals surface area contributed by atoms with Crippen molar-refractivity contribution in [1.82, 2.24) is 0 Å². The van der Waals surface area contributed by atoms with Gasteiger partial charge in [-0.05, 0) is 77.0 Å². The maximum Gasteiger partial charge on any atom is 0.362 e. The summed E-state index contributed by atoms with van der Waals surface area (Å²) >= 11 is 0. The maximum absolute atomic E-state index is 12.7. The Balaban J connectivity index is 4.29. The van der Waals surface area contributed by atoms with Gasteiger partial charge in [0.1, 0.15) is 6.61 Å². The SMILES string of the molecule is CC/C=C/C/C=C/C/C=C/CCCCCCCCCCCCCC(=O)OCC(COCCC(C(=O)O)[N+](C)(C)C)OC(=O)CCCC/C=C/C/C=C/C/C=C/CC. The standard InChI is InChI=1S/C49H83NO7/c1-6-8-10-12-14-16-18-20-21-22-23-24-25-26-27-28-30-31-33-35-37-39-47(51)56-44-45(43-55-42-41-46(49(53)54)50(3,4)5)57-48(52)40-38-36-34-32-29-19-17-15-13-11-9-7-2/h8-11,14-17,20-21,29,32,45-46H,6-7,12-13,18-19,22-28,30-31,33-44H2,1-5H3/p+1/b10-8+,11-9+,16-14+,17-15+,21-20+,32-29+. The van der Waals surface area contributed by atoms with Crippen molar-refractivity contribution >= 4 is 17.9 Å². The first kappa shape index (κ1) is 53.8. The Morgan fingerprint density at radius 3 is 1.40 bits per heavy atom. The van der Waals surface area contributed by atoms with Crippen molar-refractivity contribution < 1.29 is 38.2 Å². The fourth-order valence-electron chi connectivity index (χ4n) is 6.18. The molecule has 0 aromatic carbocycles. The van der Waals surface area contributed by atoms with E-state index in [1.807, 2.05) is 21.1 Å². The molecule has 0 aliphatic heterocycles. The predicted molar refractivity (Wildman–Crippen MR) is 238 cm³/mol. The van der Waals surface area contributed by atoms with E-state index in [1.54, 1.807) is 0 Å². The molecule has 0 amide bonds. The Kier molecular flexibility index (Phi) is 37.3. The Labute approximate surface area is 349 Å². The van der Waals surface area contributed by atoms with E-state index in [2.05, 4.69) is 86.8 Å². The van der Waals surface area contributed by atoms with Gasteiger partial charge in [-0.1, -0.05) is 145 Å². The van der Waals surface area contributed by atoms with Crippen LogP contribution in [0, 0.1) is 0 Å². The third-order valence-corrected chi connectivity index (χ3v) is 9.60. The average Bonchev–Trinajstić information content (AvgIpc) is 3.17. The first-order valence-corrected chi connectivity index (χ1v) is 22.5. The molecule has 57 heavy (non-hydrogen) atoms. The van der Waals surface area contributed by atoms with E-state index in [1.165, 1.54) is 57.8 Å². The van der Waals surface area contributed by atoms with Crippen LogP contribution < -0.4 is 0 Å². The van der Waals surface area contributed by atoms with Gasteiger partial charge >= 0.3 is 17.9 Å². The third kappa shape index (κ3) is 38.1. The molecule has 0 fully saturated rings. The highest BCUT2D eigenvalue weighted by atomic mass is 16.6. The summed E-state index contributed by atoms with van der Waals surface area (Å²) in [7, 11) is 5.50. The van der Waals surface area contributed by atoms with Gasteiger partial charge in [-0.3, -0.25) is 9.59 Å². The number of nitrogens with zero attached hydrogens (tertiary/aromatic N) is 1. The second-order valence-corrected chi connectivity index (χ2v) is 15.9. The molecule has 0 aromatic rings. The van der Waals surface area contributed by atoms with Crippen LogP contribution in [-0.2, 0) is 28.6 Å². The van der Waals surface area contributed by atoms with Gasteiger partial charge in [0, 0.05) is 19.3 Å². The first-order chi connectivity index (χ1) is 27.6. The van der Waals surface area contributed by atoms with Gasteiger partial charge < -0.3 is 23.8 Å². The lowest BCUT2D eigenvalue weighted by molar-refractivity contribution is -0.887. The molecule has 1 N–H and O–H groups in total. The molecule has 8 nitrogen and oxygen atoms in total. The molecular formula is C49H84NO7+. The van der Waals surface area contributed by atoms with Crippen LogP contribution >= 0.6 is 0 Å². The number of rotatable bonds is 39. The Hall–Kier alpha value is -3.23. The van der Waals surface area contributed by atoms with Crippen LogP contribution in [-0.4, -0.2) is 80.6 Å². The molecule has 0 heterocycles. The second-order valence-electron chi connectivity index (χ2n) is 15.9. The van der Waals surface area contributed by atoms with E-state index in [0.717, 1.165) is 70.6 Å². The van der Waals surface area contributed by atoms with Crippen molar-refractivity contribution in [1.29, 1.82) is 0 Å². The molecule has 0 radical (unpaired) electrons. The molecule has 326 valence electrons. The minimum Gasteiger partial charge on any atom is -0.477 e. The van der Waals surface area contributed by atoms with Gasteiger partial charge in [0.2, 0.25) is 0 Å². The fraction of sp³-hybridized carbons (Fsp3) is 0.694. The zero-order chi connectivity index (χ0) is 42.1. The Morgan fingerprint density at radius 1 is 0.526 bits per heavy atom. The van der Waals surface area contributed by atoms with Gasteiger partial charge in [0.05, 0.1) is 34.4 Å². The van der Waals surface area contributed by atoms with Crippen molar-refractivity contribution in [2.24, 2.45) is 0 Å². The summed E-state index contributed by atoms with van der Waals surface area (Å²) in [6, 6.07) is -0.624. The van der Waals surface area contributed by atoms with Gasteiger partial charge in [-0.2, -0.15) is 0 Å². The van der Waals surface area contributed by atoms with Crippen molar-refractivity contribution in [3.05, 3.63) is 72.9 Å². The molecule has 0 saturated carbocycles. The van der Waals surface area contributed by atoms with Crippen LogP contribution in [0.2, 0.25) is 0 Å². The number of ether oxygens (including phenoxy) is 3. The average molecular weight is 799 g/mol. The van der Waals surface area contributed by atoms with E-state index in [0.29, 0.717) is 19.3 Å². The molecule has 0 aliphatic carbocycles. The molecule has 0 aromatic heterocycles. The second kappa shape index (κ2) is 39.6. The van der Waals surface area contributed by atoms with E-state index >= 15 is 0 Å². The number of quaternary nitrogens is 1. The van der Waals surface area contributed by atoms with Crippen LogP contribution in [0.15, 0.2) is 72.9 Å². The number of allylic oxidation sites excluding steroid dienone is 12.